The molecule has 0 aliphatic carbocycles. The van der Waals surface area contributed by atoms with Crippen LogP contribution in [0.4, 0.5) is 5.69 Å². The van der Waals surface area contributed by atoms with Gasteiger partial charge >= 0.3 is 0 Å². The van der Waals surface area contributed by atoms with E-state index in [1.54, 1.807) is 17.1 Å². The Hall–Kier alpha value is -1.81. The van der Waals surface area contributed by atoms with E-state index in [0.717, 1.165) is 11.3 Å². The zero-order valence-corrected chi connectivity index (χ0v) is 8.30. The van der Waals surface area contributed by atoms with Gasteiger partial charge < -0.3 is 10.8 Å². The summed E-state index contributed by atoms with van der Waals surface area (Å²) in [5.41, 5.74) is 8.30. The number of aliphatic hydroxyl groups is 1. The minimum atomic E-state index is 0.175. The maximum Gasteiger partial charge on any atom is 0.0724 e. The summed E-state index contributed by atoms with van der Waals surface area (Å²) in [5.74, 6) is 0. The number of aliphatic hydroxyl groups excluding tert-OH is 1. The first-order chi connectivity index (χ1) is 7.29. The van der Waals surface area contributed by atoms with Crippen molar-refractivity contribution in [3.63, 3.8) is 0 Å². The molecule has 1 heterocycles. The highest BCUT2D eigenvalue weighted by atomic mass is 16.2. The number of benzene rings is 1. The van der Waals surface area contributed by atoms with Gasteiger partial charge in [-0.05, 0) is 24.1 Å². The topological polar surface area (TPSA) is 64.1 Å². The van der Waals surface area contributed by atoms with Gasteiger partial charge in [0, 0.05) is 6.61 Å². The van der Waals surface area contributed by atoms with Crippen molar-refractivity contribution >= 4 is 5.69 Å². The Balaban J connectivity index is 2.23. The van der Waals surface area contributed by atoms with E-state index >= 15 is 0 Å². The third-order valence-corrected chi connectivity index (χ3v) is 2.20. The van der Waals surface area contributed by atoms with Crippen LogP contribution in [-0.2, 0) is 6.42 Å². The SMILES string of the molecule is Nc1cnn(-c2ccc(CCO)cc2)c1. The maximum absolute atomic E-state index is 8.78. The van der Waals surface area contributed by atoms with Crippen LogP contribution in [0.25, 0.3) is 5.69 Å². The Morgan fingerprint density at radius 3 is 2.53 bits per heavy atom. The van der Waals surface area contributed by atoms with Gasteiger partial charge in [-0.15, -0.1) is 0 Å². The summed E-state index contributed by atoms with van der Waals surface area (Å²) >= 11 is 0. The third-order valence-electron chi connectivity index (χ3n) is 2.20. The van der Waals surface area contributed by atoms with Crippen LogP contribution in [0, 0.1) is 0 Å². The molecule has 4 nitrogen and oxygen atoms in total. The smallest absolute Gasteiger partial charge is 0.0724 e. The molecule has 0 bridgehead atoms. The molecule has 0 spiro atoms. The molecule has 0 radical (unpaired) electrons. The standard InChI is InChI=1S/C11H13N3O/c12-10-7-13-14(8-10)11-3-1-9(2-4-11)5-6-15/h1-4,7-8,15H,5-6,12H2. The second kappa shape index (κ2) is 4.14. The number of anilines is 1. The minimum absolute atomic E-state index is 0.175. The van der Waals surface area contributed by atoms with Gasteiger partial charge in [0.25, 0.3) is 0 Å². The molecule has 0 aliphatic rings. The molecule has 78 valence electrons. The van der Waals surface area contributed by atoms with Gasteiger partial charge in [0.1, 0.15) is 0 Å². The summed E-state index contributed by atoms with van der Waals surface area (Å²) in [6, 6.07) is 7.86. The Morgan fingerprint density at radius 2 is 2.00 bits per heavy atom. The molecule has 0 aliphatic heterocycles. The Labute approximate surface area is 88.0 Å². The average Bonchev–Trinajstić information content (AvgIpc) is 2.67. The van der Waals surface area contributed by atoms with Crippen LogP contribution >= 0.6 is 0 Å². The highest BCUT2D eigenvalue weighted by Gasteiger charge is 1.98. The first-order valence-corrected chi connectivity index (χ1v) is 4.80. The van der Waals surface area contributed by atoms with Gasteiger partial charge in [0.05, 0.1) is 23.8 Å². The lowest BCUT2D eigenvalue weighted by atomic mass is 10.1. The van der Waals surface area contributed by atoms with E-state index in [4.69, 9.17) is 10.8 Å². The van der Waals surface area contributed by atoms with Crippen LogP contribution in [0.15, 0.2) is 36.7 Å². The summed E-state index contributed by atoms with van der Waals surface area (Å²) in [7, 11) is 0. The van der Waals surface area contributed by atoms with Crippen molar-refractivity contribution in [3.05, 3.63) is 42.2 Å². The molecule has 0 saturated heterocycles. The number of hydrogen-bond donors (Lipinski definition) is 2. The van der Waals surface area contributed by atoms with Crippen molar-refractivity contribution in [1.29, 1.82) is 0 Å². The van der Waals surface area contributed by atoms with Crippen molar-refractivity contribution in [2.45, 2.75) is 6.42 Å². The molecule has 2 aromatic rings. The molecular weight excluding hydrogens is 190 g/mol. The Kier molecular flexibility index (Phi) is 2.69. The zero-order valence-electron chi connectivity index (χ0n) is 8.30. The zero-order chi connectivity index (χ0) is 10.7. The lowest BCUT2D eigenvalue weighted by Gasteiger charge is -2.02. The molecule has 0 fully saturated rings. The van der Waals surface area contributed by atoms with Crippen molar-refractivity contribution < 1.29 is 5.11 Å². The fourth-order valence-corrected chi connectivity index (χ4v) is 1.42. The van der Waals surface area contributed by atoms with E-state index in [0.29, 0.717) is 12.1 Å². The molecule has 1 aromatic heterocycles. The Morgan fingerprint density at radius 1 is 1.27 bits per heavy atom. The van der Waals surface area contributed by atoms with Gasteiger partial charge in [-0.1, -0.05) is 12.1 Å². The van der Waals surface area contributed by atoms with Crippen molar-refractivity contribution in [2.24, 2.45) is 0 Å². The lowest BCUT2D eigenvalue weighted by Crippen LogP contribution is -1.95. The van der Waals surface area contributed by atoms with E-state index in [-0.39, 0.29) is 6.61 Å². The van der Waals surface area contributed by atoms with Gasteiger partial charge in [0.15, 0.2) is 0 Å². The monoisotopic (exact) mass is 203 g/mol. The molecule has 0 unspecified atom stereocenters. The third kappa shape index (κ3) is 2.16. The number of hydrogen-bond acceptors (Lipinski definition) is 3. The summed E-state index contributed by atoms with van der Waals surface area (Å²) in [4.78, 5) is 0. The van der Waals surface area contributed by atoms with Crippen molar-refractivity contribution in [2.75, 3.05) is 12.3 Å². The first-order valence-electron chi connectivity index (χ1n) is 4.80. The number of nitrogens with two attached hydrogens (primary N) is 1. The van der Waals surface area contributed by atoms with Crippen LogP contribution in [0.3, 0.4) is 0 Å². The van der Waals surface area contributed by atoms with Crippen LogP contribution in [0.2, 0.25) is 0 Å². The molecule has 2 rings (SSSR count). The van der Waals surface area contributed by atoms with Crippen molar-refractivity contribution in [3.8, 4) is 5.69 Å². The van der Waals surface area contributed by atoms with Gasteiger partial charge in [-0.25, -0.2) is 4.68 Å². The minimum Gasteiger partial charge on any atom is -0.396 e. The molecule has 3 N–H and O–H groups in total. The van der Waals surface area contributed by atoms with Crippen LogP contribution < -0.4 is 5.73 Å². The summed E-state index contributed by atoms with van der Waals surface area (Å²) < 4.78 is 1.72. The highest BCUT2D eigenvalue weighted by Crippen LogP contribution is 2.11. The quantitative estimate of drug-likeness (QED) is 0.781. The summed E-state index contributed by atoms with van der Waals surface area (Å²) in [6.07, 6.45) is 4.06. The van der Waals surface area contributed by atoms with Crippen LogP contribution in [0.1, 0.15) is 5.56 Å². The van der Waals surface area contributed by atoms with E-state index < -0.39 is 0 Å². The van der Waals surface area contributed by atoms with Crippen LogP contribution in [-0.4, -0.2) is 21.5 Å². The Bertz CT molecular complexity index is 433. The predicted octanol–water partition coefficient (Wildman–Crippen LogP) is 0.989. The molecular formula is C11H13N3O. The predicted molar refractivity (Wildman–Crippen MR) is 58.8 cm³/mol. The fraction of sp³-hybridized carbons (Fsp3) is 0.182. The van der Waals surface area contributed by atoms with Gasteiger partial charge in [-0.3, -0.25) is 0 Å². The van der Waals surface area contributed by atoms with E-state index in [2.05, 4.69) is 5.10 Å². The molecule has 0 atom stereocenters. The number of aromatic nitrogens is 2. The summed E-state index contributed by atoms with van der Waals surface area (Å²) in [5, 5.41) is 12.9. The fourth-order valence-electron chi connectivity index (χ4n) is 1.42. The van der Waals surface area contributed by atoms with E-state index in [1.807, 2.05) is 24.3 Å². The van der Waals surface area contributed by atoms with Crippen LogP contribution in [0.5, 0.6) is 0 Å². The average molecular weight is 203 g/mol. The van der Waals surface area contributed by atoms with E-state index in [9.17, 15) is 0 Å². The first kappa shape index (κ1) is 9.73. The molecule has 0 saturated carbocycles. The second-order valence-corrected chi connectivity index (χ2v) is 3.36. The molecule has 15 heavy (non-hydrogen) atoms. The summed E-state index contributed by atoms with van der Waals surface area (Å²) in [6.45, 7) is 0.175. The largest absolute Gasteiger partial charge is 0.396 e. The number of rotatable bonds is 3. The number of nitrogens with zero attached hydrogens (tertiary/aromatic N) is 2. The molecule has 1 aromatic carbocycles. The van der Waals surface area contributed by atoms with Crippen molar-refractivity contribution in [1.82, 2.24) is 9.78 Å². The highest BCUT2D eigenvalue weighted by molar-refractivity contribution is 5.39. The van der Waals surface area contributed by atoms with E-state index in [1.165, 1.54) is 0 Å². The molecule has 4 heteroatoms. The lowest BCUT2D eigenvalue weighted by molar-refractivity contribution is 0.299. The van der Waals surface area contributed by atoms with Gasteiger partial charge in [0.2, 0.25) is 0 Å². The van der Waals surface area contributed by atoms with Gasteiger partial charge in [-0.2, -0.15) is 5.10 Å². The molecule has 0 amide bonds. The second-order valence-electron chi connectivity index (χ2n) is 3.36. The normalized spacial score (nSPS) is 10.5. The maximum atomic E-state index is 8.78. The number of nitrogen functional groups attached to an aromatic ring is 1.